The van der Waals surface area contributed by atoms with Crippen LogP contribution in [-0.2, 0) is 41.4 Å². The Labute approximate surface area is 401 Å². The summed E-state index contributed by atoms with van der Waals surface area (Å²) in [7, 11) is 1.97. The van der Waals surface area contributed by atoms with Gasteiger partial charge in [0.1, 0.15) is 22.9 Å². The Balaban J connectivity index is 0.990. The largest absolute Gasteiger partial charge is 0.438 e. The zero-order valence-electron chi connectivity index (χ0n) is 40.4. The number of aryl methyl sites for hydroxylation is 3. The van der Waals surface area contributed by atoms with E-state index >= 15 is 14.0 Å². The van der Waals surface area contributed by atoms with E-state index in [9.17, 15) is 9.59 Å². The summed E-state index contributed by atoms with van der Waals surface area (Å²) in [5.74, 6) is -0.116. The highest BCUT2D eigenvalue weighted by Crippen LogP contribution is 2.56. The predicted molar refractivity (Wildman–Crippen MR) is 260 cm³/mol. The number of ether oxygens (including phenoxy) is 1. The fraction of sp³-hybridized carbons (Fsp3) is 0.396. The molecule has 4 atom stereocenters. The third kappa shape index (κ3) is 6.63. The van der Waals surface area contributed by atoms with E-state index in [1.807, 2.05) is 43.1 Å². The molecule has 0 spiro atoms. The number of amides is 2. The number of nitrogens with zero attached hydrogens (tertiary/aromatic N) is 8. The van der Waals surface area contributed by atoms with Crippen LogP contribution < -0.4 is 16.8 Å². The first-order chi connectivity index (χ1) is 33.5. The van der Waals surface area contributed by atoms with Gasteiger partial charge in [-0.1, -0.05) is 18.1 Å². The summed E-state index contributed by atoms with van der Waals surface area (Å²) < 4.78 is 35.4. The van der Waals surface area contributed by atoms with E-state index in [2.05, 4.69) is 63.6 Å². The molecule has 2 N–H and O–H groups in total. The Morgan fingerprint density at radius 2 is 1.67 bits per heavy atom. The summed E-state index contributed by atoms with van der Waals surface area (Å²) in [6.07, 6.45) is 7.16. The standard InChI is InChI=1S/C53H55FN10O6/c1-28-20-36(21-29(2)46(28)54)64-47(62-18-17-61(51(62)68)35-9-11-41-38(24-35)37-12-15-55-44(65)25-42(37)59(41)7)45-31(4)60(16-13-39(45)57-64)48(66)43-23-34-22-32(33-14-19-69-52(5,6)27-33)8-10-40(34)63(43)53(26-30(53)3)49-56-50(67)70-58-49/h8-11,17-18,20-24,30-31,33H,12-16,19,25-27H2,1-7H3,(H,55,65)(H,56,58,67)/t30-,31-,33-,53-/m0/s1. The van der Waals surface area contributed by atoms with Gasteiger partial charge in [0.2, 0.25) is 5.91 Å². The number of aromatic nitrogens is 8. The molecule has 70 heavy (non-hydrogen) atoms. The van der Waals surface area contributed by atoms with E-state index in [0.717, 1.165) is 51.6 Å². The van der Waals surface area contributed by atoms with Crippen molar-refractivity contribution in [2.45, 2.75) is 103 Å². The molecule has 3 aromatic carbocycles. The Kier molecular flexibility index (Phi) is 9.81. The Hall–Kier alpha value is -7.27. The number of benzene rings is 3. The molecule has 2 amide bonds. The first-order valence-corrected chi connectivity index (χ1v) is 24.3. The summed E-state index contributed by atoms with van der Waals surface area (Å²) in [5, 5.41) is 14.2. The number of halogens is 1. The molecular formula is C53H55FN10O6. The summed E-state index contributed by atoms with van der Waals surface area (Å²) >= 11 is 0. The van der Waals surface area contributed by atoms with Crippen LogP contribution >= 0.6 is 0 Å². The van der Waals surface area contributed by atoms with Crippen molar-refractivity contribution in [3.8, 4) is 17.2 Å². The van der Waals surface area contributed by atoms with Crippen molar-refractivity contribution in [3.05, 3.63) is 145 Å². The first kappa shape index (κ1) is 44.0. The predicted octanol–water partition coefficient (Wildman–Crippen LogP) is 7.12. The molecule has 8 heterocycles. The third-order valence-electron chi connectivity index (χ3n) is 15.8. The number of carbonyl (C=O) groups excluding carboxylic acids is 2. The number of carbonyl (C=O) groups is 2. The molecule has 4 aliphatic rings. The summed E-state index contributed by atoms with van der Waals surface area (Å²) in [4.78, 5) is 60.4. The molecule has 2 fully saturated rings. The molecular weight excluding hydrogens is 892 g/mol. The maximum Gasteiger partial charge on any atom is 0.438 e. The molecule has 17 heteroatoms. The molecule has 1 saturated carbocycles. The van der Waals surface area contributed by atoms with Crippen molar-refractivity contribution in [1.29, 1.82) is 0 Å². The highest BCUT2D eigenvalue weighted by molar-refractivity contribution is 6.00. The molecule has 12 rings (SSSR count). The Morgan fingerprint density at radius 1 is 0.914 bits per heavy atom. The van der Waals surface area contributed by atoms with Gasteiger partial charge in [0.05, 0.1) is 35.1 Å². The van der Waals surface area contributed by atoms with Crippen molar-refractivity contribution in [2.24, 2.45) is 13.0 Å². The average Bonchev–Trinajstić information content (AvgIpc) is 3.85. The molecule has 1 saturated heterocycles. The van der Waals surface area contributed by atoms with Crippen molar-refractivity contribution in [3.63, 3.8) is 0 Å². The lowest BCUT2D eigenvalue weighted by Crippen LogP contribution is -2.41. The van der Waals surface area contributed by atoms with E-state index in [0.29, 0.717) is 84.4 Å². The summed E-state index contributed by atoms with van der Waals surface area (Å²) in [6.45, 7) is 13.2. The molecule has 3 aliphatic heterocycles. The van der Waals surface area contributed by atoms with Gasteiger partial charge in [-0.15, -0.1) is 0 Å². The lowest BCUT2D eigenvalue weighted by molar-refractivity contribution is -0.120. The van der Waals surface area contributed by atoms with Crippen LogP contribution in [0.25, 0.3) is 39.0 Å². The van der Waals surface area contributed by atoms with Crippen LogP contribution in [-0.4, -0.2) is 80.2 Å². The number of hydrogen-bond donors (Lipinski definition) is 2. The minimum Gasteiger partial charge on any atom is -0.376 e. The number of nitrogens with one attached hydrogen (secondary N) is 2. The van der Waals surface area contributed by atoms with Crippen LogP contribution in [0.1, 0.15) is 114 Å². The zero-order valence-corrected chi connectivity index (χ0v) is 40.4. The highest BCUT2D eigenvalue weighted by atomic mass is 19.1. The second-order valence-electron chi connectivity index (χ2n) is 20.7. The monoisotopic (exact) mass is 946 g/mol. The van der Waals surface area contributed by atoms with Crippen LogP contribution in [0.2, 0.25) is 0 Å². The number of hydrogen-bond acceptors (Lipinski definition) is 8. The van der Waals surface area contributed by atoms with E-state index in [1.165, 1.54) is 5.56 Å². The maximum atomic E-state index is 15.7. The first-order valence-electron chi connectivity index (χ1n) is 24.3. The molecule has 16 nitrogen and oxygen atoms in total. The van der Waals surface area contributed by atoms with E-state index in [4.69, 9.17) is 14.4 Å². The van der Waals surface area contributed by atoms with Crippen molar-refractivity contribution in [1.82, 2.24) is 48.4 Å². The fourth-order valence-corrected chi connectivity index (χ4v) is 12.2. The van der Waals surface area contributed by atoms with Gasteiger partial charge in [-0.3, -0.25) is 28.2 Å². The van der Waals surface area contributed by atoms with E-state index in [1.54, 1.807) is 52.2 Å². The number of aromatic amines is 1. The number of H-pyrrole nitrogens is 1. The van der Waals surface area contributed by atoms with E-state index in [-0.39, 0.29) is 47.2 Å². The summed E-state index contributed by atoms with van der Waals surface area (Å²) in [6, 6.07) is 17.2. The average molecular weight is 947 g/mol. The van der Waals surface area contributed by atoms with Crippen molar-refractivity contribution in [2.75, 3.05) is 19.7 Å². The topological polar surface area (TPSA) is 172 Å². The van der Waals surface area contributed by atoms with Gasteiger partial charge in [0.25, 0.3) is 5.91 Å². The van der Waals surface area contributed by atoms with Gasteiger partial charge >= 0.3 is 11.4 Å². The lowest BCUT2D eigenvalue weighted by atomic mass is 9.83. The van der Waals surface area contributed by atoms with Gasteiger partial charge in [-0.25, -0.2) is 18.7 Å². The quantitative estimate of drug-likeness (QED) is 0.170. The normalized spacial score (nSPS) is 22.0. The second-order valence-corrected chi connectivity index (χ2v) is 20.7. The molecule has 0 bridgehead atoms. The lowest BCUT2D eigenvalue weighted by Gasteiger charge is -2.35. The van der Waals surface area contributed by atoms with Gasteiger partial charge in [-0.2, -0.15) is 5.10 Å². The molecule has 0 unspecified atom stereocenters. The van der Waals surface area contributed by atoms with Crippen LogP contribution in [0.4, 0.5) is 4.39 Å². The Morgan fingerprint density at radius 3 is 2.40 bits per heavy atom. The van der Waals surface area contributed by atoms with Crippen LogP contribution in [0, 0.1) is 25.6 Å². The smallest absolute Gasteiger partial charge is 0.376 e. The fourth-order valence-electron chi connectivity index (χ4n) is 12.2. The highest BCUT2D eigenvalue weighted by Gasteiger charge is 2.59. The zero-order chi connectivity index (χ0) is 48.7. The maximum absolute atomic E-state index is 15.7. The molecule has 5 aromatic heterocycles. The van der Waals surface area contributed by atoms with Gasteiger partial charge < -0.3 is 24.1 Å². The van der Waals surface area contributed by atoms with Crippen molar-refractivity contribution >= 4 is 33.6 Å². The van der Waals surface area contributed by atoms with Gasteiger partial charge in [0.15, 0.2) is 5.82 Å². The van der Waals surface area contributed by atoms with Crippen molar-refractivity contribution < 1.29 is 23.2 Å². The van der Waals surface area contributed by atoms with Crippen LogP contribution in [0.3, 0.4) is 0 Å². The van der Waals surface area contributed by atoms with Gasteiger partial charge in [0, 0.05) is 78.6 Å². The molecule has 360 valence electrons. The number of imidazole rings is 1. The minimum atomic E-state index is -0.842. The van der Waals surface area contributed by atoms with Crippen LogP contribution in [0.5, 0.6) is 0 Å². The molecule has 0 radical (unpaired) electrons. The summed E-state index contributed by atoms with van der Waals surface area (Å²) in [5.41, 5.74) is 7.54. The SMILES string of the molecule is Cc1cc(-n2nc3c(c2-n2ccn(-c4ccc5c(c4)c4c(n5C)CC(=O)NCC4)c2=O)[C@H](C)N(C(=O)c2cc4cc([C@H]5CCOC(C)(C)C5)ccc4n2[C@@]2(c4noc(=O)[nH]4)C[C@@H]2C)CC3)cc(C)c1F. The van der Waals surface area contributed by atoms with Gasteiger partial charge in [-0.05, 0) is 143 Å². The molecule has 8 aromatic rings. The van der Waals surface area contributed by atoms with E-state index < -0.39 is 17.3 Å². The Bertz CT molecular complexity index is 3610. The molecule has 1 aliphatic carbocycles. The van der Waals surface area contributed by atoms with Crippen LogP contribution in [0.15, 0.2) is 81.1 Å². The minimum absolute atomic E-state index is 0.0128. The third-order valence-corrected chi connectivity index (χ3v) is 15.8. The number of rotatable bonds is 7. The second kappa shape index (κ2) is 15.6. The number of fused-ring (bicyclic) bond motifs is 5.